The Labute approximate surface area is 127 Å². The molecule has 0 heterocycles. The summed E-state index contributed by atoms with van der Waals surface area (Å²) in [5.41, 5.74) is 1.70. The largest absolute Gasteiger partial charge is 0.337 e. The Balaban J connectivity index is 2.63. The average Bonchev–Trinajstić information content (AvgIpc) is 2.52. The number of hydrogen-bond acceptors (Lipinski definition) is 3. The first-order valence-corrected chi connectivity index (χ1v) is 7.60. The predicted octanol–water partition coefficient (Wildman–Crippen LogP) is 2.68. The molecule has 0 spiro atoms. The molecule has 4 nitrogen and oxygen atoms in total. The van der Waals surface area contributed by atoms with Gasteiger partial charge in [0.15, 0.2) is 0 Å². The third kappa shape index (κ3) is 5.97. The molecule has 1 aromatic carbocycles. The molecule has 1 N–H and O–H groups in total. The van der Waals surface area contributed by atoms with E-state index in [2.05, 4.69) is 32.2 Å². The maximum Gasteiger partial charge on any atom is 0.236 e. The van der Waals surface area contributed by atoms with Crippen LogP contribution in [0.5, 0.6) is 0 Å². The fourth-order valence-corrected chi connectivity index (χ4v) is 1.98. The summed E-state index contributed by atoms with van der Waals surface area (Å²) in [5.74, 6) is 0.126. The molecule has 0 aromatic heterocycles. The molecule has 1 amide bonds. The molecule has 0 fully saturated rings. The molecule has 1 atom stereocenters. The van der Waals surface area contributed by atoms with Crippen molar-refractivity contribution in [3.05, 3.63) is 35.4 Å². The van der Waals surface area contributed by atoms with Gasteiger partial charge in [0.05, 0.1) is 18.2 Å². The number of rotatable bonds is 8. The van der Waals surface area contributed by atoms with Gasteiger partial charge in [0, 0.05) is 19.1 Å². The molecule has 0 aliphatic heterocycles. The molecular formula is C17H25N3O. The third-order valence-corrected chi connectivity index (χ3v) is 3.52. The minimum atomic E-state index is 0.126. The molecule has 0 radical (unpaired) electrons. The first-order chi connectivity index (χ1) is 10.1. The first-order valence-electron chi connectivity index (χ1n) is 7.60. The van der Waals surface area contributed by atoms with Crippen LogP contribution >= 0.6 is 0 Å². The second kappa shape index (κ2) is 9.15. The molecule has 1 aromatic rings. The average molecular weight is 287 g/mol. The van der Waals surface area contributed by atoms with E-state index in [0.29, 0.717) is 24.7 Å². The zero-order valence-corrected chi connectivity index (χ0v) is 13.2. The van der Waals surface area contributed by atoms with Crippen LogP contribution in [0.25, 0.3) is 0 Å². The lowest BCUT2D eigenvalue weighted by Gasteiger charge is -2.23. The predicted molar refractivity (Wildman–Crippen MR) is 84.6 cm³/mol. The van der Waals surface area contributed by atoms with Crippen molar-refractivity contribution in [3.8, 4) is 6.07 Å². The molecule has 0 saturated heterocycles. The number of amides is 1. The summed E-state index contributed by atoms with van der Waals surface area (Å²) >= 11 is 0. The highest BCUT2D eigenvalue weighted by molar-refractivity contribution is 5.78. The number of nitrogens with one attached hydrogen (secondary N) is 1. The maximum atomic E-state index is 12.3. The van der Waals surface area contributed by atoms with Crippen molar-refractivity contribution in [2.45, 2.75) is 46.2 Å². The van der Waals surface area contributed by atoms with E-state index in [4.69, 9.17) is 5.26 Å². The van der Waals surface area contributed by atoms with E-state index >= 15 is 0 Å². The van der Waals surface area contributed by atoms with E-state index < -0.39 is 0 Å². The molecule has 0 bridgehead atoms. The van der Waals surface area contributed by atoms with Gasteiger partial charge in [0.2, 0.25) is 5.91 Å². The van der Waals surface area contributed by atoms with E-state index in [1.807, 2.05) is 17.0 Å². The van der Waals surface area contributed by atoms with Crippen molar-refractivity contribution in [1.29, 1.82) is 5.26 Å². The van der Waals surface area contributed by atoms with E-state index in [9.17, 15) is 4.79 Å². The summed E-state index contributed by atoms with van der Waals surface area (Å²) in [5, 5.41) is 12.0. The van der Waals surface area contributed by atoms with Crippen molar-refractivity contribution in [2.24, 2.45) is 0 Å². The summed E-state index contributed by atoms with van der Waals surface area (Å²) in [6.07, 6.45) is 1.95. The molecule has 0 aliphatic rings. The van der Waals surface area contributed by atoms with Crippen LogP contribution in [0, 0.1) is 11.3 Å². The van der Waals surface area contributed by atoms with Gasteiger partial charge in [0.1, 0.15) is 0 Å². The highest BCUT2D eigenvalue weighted by Gasteiger charge is 2.13. The topological polar surface area (TPSA) is 56.1 Å². The van der Waals surface area contributed by atoms with Gasteiger partial charge in [0.25, 0.3) is 0 Å². The molecule has 0 saturated carbocycles. The number of carbonyl (C=O) groups is 1. The minimum absolute atomic E-state index is 0.126. The Morgan fingerprint density at radius 1 is 1.33 bits per heavy atom. The number of benzene rings is 1. The van der Waals surface area contributed by atoms with Gasteiger partial charge in [-0.25, -0.2) is 0 Å². The van der Waals surface area contributed by atoms with Crippen molar-refractivity contribution in [3.63, 3.8) is 0 Å². The summed E-state index contributed by atoms with van der Waals surface area (Å²) in [6, 6.07) is 9.87. The van der Waals surface area contributed by atoms with Crippen LogP contribution in [-0.2, 0) is 11.3 Å². The molecule has 1 rings (SSSR count). The van der Waals surface area contributed by atoms with Crippen molar-refractivity contribution < 1.29 is 4.79 Å². The van der Waals surface area contributed by atoms with E-state index in [1.54, 1.807) is 12.1 Å². The first kappa shape index (κ1) is 17.2. The fraction of sp³-hybridized carbons (Fsp3) is 0.529. The van der Waals surface area contributed by atoms with Crippen LogP contribution in [0.4, 0.5) is 0 Å². The lowest BCUT2D eigenvalue weighted by molar-refractivity contribution is -0.131. The Morgan fingerprint density at radius 3 is 2.52 bits per heavy atom. The number of carbonyl (C=O) groups excluding carboxylic acids is 1. The standard InChI is InChI=1S/C17H25N3O/c1-4-10-20(17(21)12-19-14(3)5-2)13-16-8-6-15(11-18)7-9-16/h6-9,14,19H,4-5,10,12-13H2,1-3H3. The second-order valence-electron chi connectivity index (χ2n) is 5.31. The second-order valence-corrected chi connectivity index (χ2v) is 5.31. The summed E-state index contributed by atoms with van der Waals surface area (Å²) in [4.78, 5) is 14.2. The van der Waals surface area contributed by atoms with Gasteiger partial charge >= 0.3 is 0 Å². The normalized spacial score (nSPS) is 11.7. The van der Waals surface area contributed by atoms with E-state index in [-0.39, 0.29) is 5.91 Å². The van der Waals surface area contributed by atoms with Crippen LogP contribution in [0.3, 0.4) is 0 Å². The summed E-state index contributed by atoms with van der Waals surface area (Å²) in [6.45, 7) is 7.98. The molecule has 0 aliphatic carbocycles. The minimum Gasteiger partial charge on any atom is -0.337 e. The van der Waals surface area contributed by atoms with Crippen molar-refractivity contribution >= 4 is 5.91 Å². The zero-order chi connectivity index (χ0) is 15.7. The van der Waals surface area contributed by atoms with Gasteiger partial charge in [-0.2, -0.15) is 5.26 Å². The Bertz CT molecular complexity index is 476. The quantitative estimate of drug-likeness (QED) is 0.799. The van der Waals surface area contributed by atoms with Crippen LogP contribution in [0.2, 0.25) is 0 Å². The molecule has 21 heavy (non-hydrogen) atoms. The number of hydrogen-bond donors (Lipinski definition) is 1. The third-order valence-electron chi connectivity index (χ3n) is 3.52. The Kier molecular flexibility index (Phi) is 7.49. The smallest absolute Gasteiger partial charge is 0.236 e. The highest BCUT2D eigenvalue weighted by Crippen LogP contribution is 2.08. The molecule has 114 valence electrons. The van der Waals surface area contributed by atoms with Gasteiger partial charge in [-0.15, -0.1) is 0 Å². The van der Waals surface area contributed by atoms with E-state index in [1.165, 1.54) is 0 Å². The summed E-state index contributed by atoms with van der Waals surface area (Å²) < 4.78 is 0. The van der Waals surface area contributed by atoms with Crippen LogP contribution in [-0.4, -0.2) is 29.9 Å². The van der Waals surface area contributed by atoms with Gasteiger partial charge < -0.3 is 10.2 Å². The van der Waals surface area contributed by atoms with E-state index in [0.717, 1.165) is 24.9 Å². The van der Waals surface area contributed by atoms with Gasteiger partial charge in [-0.05, 0) is 37.5 Å². The number of nitriles is 1. The molecular weight excluding hydrogens is 262 g/mol. The van der Waals surface area contributed by atoms with Gasteiger partial charge in [-0.1, -0.05) is 26.0 Å². The van der Waals surface area contributed by atoms with Crippen molar-refractivity contribution in [2.75, 3.05) is 13.1 Å². The highest BCUT2D eigenvalue weighted by atomic mass is 16.2. The van der Waals surface area contributed by atoms with Crippen LogP contribution in [0.15, 0.2) is 24.3 Å². The van der Waals surface area contributed by atoms with Crippen LogP contribution in [0.1, 0.15) is 44.7 Å². The SMILES string of the molecule is CCCN(Cc1ccc(C#N)cc1)C(=O)CNC(C)CC. The fourth-order valence-electron chi connectivity index (χ4n) is 1.98. The lowest BCUT2D eigenvalue weighted by atomic mass is 10.1. The maximum absolute atomic E-state index is 12.3. The zero-order valence-electron chi connectivity index (χ0n) is 13.2. The van der Waals surface area contributed by atoms with Crippen LogP contribution < -0.4 is 5.32 Å². The lowest BCUT2D eigenvalue weighted by Crippen LogP contribution is -2.40. The monoisotopic (exact) mass is 287 g/mol. The Morgan fingerprint density at radius 2 is 2.00 bits per heavy atom. The van der Waals surface area contributed by atoms with Gasteiger partial charge in [-0.3, -0.25) is 4.79 Å². The summed E-state index contributed by atoms with van der Waals surface area (Å²) in [7, 11) is 0. The Hall–Kier alpha value is -1.86. The number of nitrogens with zero attached hydrogens (tertiary/aromatic N) is 2. The molecule has 4 heteroatoms. The molecule has 1 unspecified atom stereocenters. The van der Waals surface area contributed by atoms with Crippen molar-refractivity contribution in [1.82, 2.24) is 10.2 Å².